The Hall–Kier alpha value is -2.23. The minimum Gasteiger partial charge on any atom is -0.484 e. The largest absolute Gasteiger partial charge is 0.484 e. The zero-order chi connectivity index (χ0) is 17.7. The number of sulfonamides is 1. The van der Waals surface area contributed by atoms with E-state index in [1.165, 1.54) is 12.1 Å². The lowest BCUT2D eigenvalue weighted by molar-refractivity contribution is -0.123. The molecule has 0 aliphatic heterocycles. The van der Waals surface area contributed by atoms with Gasteiger partial charge >= 0.3 is 0 Å². The van der Waals surface area contributed by atoms with Crippen molar-refractivity contribution in [1.29, 1.82) is 0 Å². The van der Waals surface area contributed by atoms with Crippen molar-refractivity contribution < 1.29 is 26.7 Å². The van der Waals surface area contributed by atoms with Gasteiger partial charge in [0.1, 0.15) is 5.75 Å². The van der Waals surface area contributed by atoms with Gasteiger partial charge in [0, 0.05) is 5.02 Å². The highest BCUT2D eigenvalue weighted by Crippen LogP contribution is 2.15. The normalized spacial score (nSPS) is 11.1. The summed E-state index contributed by atoms with van der Waals surface area (Å²) in [7, 11) is -4.24. The molecule has 2 N–H and O–H groups in total. The Balaban J connectivity index is 1.90. The van der Waals surface area contributed by atoms with Crippen LogP contribution in [0.2, 0.25) is 5.02 Å². The molecule has 0 saturated carbocycles. The van der Waals surface area contributed by atoms with Crippen molar-refractivity contribution >= 4 is 27.5 Å². The monoisotopic (exact) mass is 376 g/mol. The van der Waals surface area contributed by atoms with Crippen LogP contribution < -0.4 is 15.0 Å². The van der Waals surface area contributed by atoms with Gasteiger partial charge in [-0.05, 0) is 42.5 Å². The zero-order valence-corrected chi connectivity index (χ0v) is 13.5. The number of carbonyl (C=O) groups is 1. The van der Waals surface area contributed by atoms with Crippen LogP contribution in [-0.2, 0) is 14.8 Å². The Morgan fingerprint density at radius 3 is 2.38 bits per heavy atom. The second-order valence-corrected chi connectivity index (χ2v) is 6.59. The maximum absolute atomic E-state index is 13.1. The summed E-state index contributed by atoms with van der Waals surface area (Å²) in [5.41, 5.74) is 1.89. The molecule has 0 fully saturated rings. The molecule has 0 unspecified atom stereocenters. The molecule has 0 aliphatic rings. The first-order valence-corrected chi connectivity index (χ1v) is 8.28. The highest BCUT2D eigenvalue weighted by atomic mass is 35.5. The van der Waals surface area contributed by atoms with Gasteiger partial charge in [0.05, 0.1) is 4.90 Å². The molecule has 128 valence electrons. The summed E-state index contributed by atoms with van der Waals surface area (Å²) >= 11 is 5.69. The maximum atomic E-state index is 13.1. The standard InChI is InChI=1S/C14H11ClF2N2O4S/c15-9-1-3-10(4-2-9)23-8-14(20)18-19-24(21,22)11-5-6-12(16)13(17)7-11/h1-7,19H,8H2,(H,18,20). The number of amides is 1. The van der Waals surface area contributed by atoms with Crippen molar-refractivity contribution in [3.05, 3.63) is 59.1 Å². The molecule has 2 aromatic carbocycles. The predicted molar refractivity (Wildman–Crippen MR) is 81.8 cm³/mol. The van der Waals surface area contributed by atoms with Crippen LogP contribution in [0.5, 0.6) is 5.75 Å². The van der Waals surface area contributed by atoms with Crippen molar-refractivity contribution in [1.82, 2.24) is 10.3 Å². The predicted octanol–water partition coefficient (Wildman–Crippen LogP) is 2.01. The Bertz CT molecular complexity index is 844. The molecule has 24 heavy (non-hydrogen) atoms. The Kier molecular flexibility index (Phi) is 5.71. The third-order valence-electron chi connectivity index (χ3n) is 2.71. The maximum Gasteiger partial charge on any atom is 0.272 e. The van der Waals surface area contributed by atoms with E-state index < -0.39 is 39.1 Å². The molecular formula is C14H11ClF2N2O4S. The number of hydrogen-bond acceptors (Lipinski definition) is 4. The number of hydrogen-bond donors (Lipinski definition) is 2. The number of ether oxygens (including phenoxy) is 1. The highest BCUT2D eigenvalue weighted by molar-refractivity contribution is 7.89. The fourth-order valence-electron chi connectivity index (χ4n) is 1.54. The molecule has 0 spiro atoms. The molecule has 0 radical (unpaired) electrons. The smallest absolute Gasteiger partial charge is 0.272 e. The van der Waals surface area contributed by atoms with Gasteiger partial charge in [-0.2, -0.15) is 0 Å². The molecule has 10 heteroatoms. The van der Waals surface area contributed by atoms with Gasteiger partial charge in [-0.15, -0.1) is 4.83 Å². The number of halogens is 3. The van der Waals surface area contributed by atoms with Crippen molar-refractivity contribution in [3.8, 4) is 5.75 Å². The van der Waals surface area contributed by atoms with Gasteiger partial charge in [0.25, 0.3) is 15.9 Å². The second-order valence-electron chi connectivity index (χ2n) is 4.47. The molecule has 6 nitrogen and oxygen atoms in total. The average Bonchev–Trinajstić information content (AvgIpc) is 2.55. The molecule has 0 saturated heterocycles. The van der Waals surface area contributed by atoms with Crippen molar-refractivity contribution in [2.24, 2.45) is 0 Å². The summed E-state index contributed by atoms with van der Waals surface area (Å²) in [6, 6.07) is 8.18. The molecule has 0 heterocycles. The summed E-state index contributed by atoms with van der Waals surface area (Å²) < 4.78 is 54.7. The zero-order valence-electron chi connectivity index (χ0n) is 11.9. The molecule has 0 bridgehead atoms. The van der Waals surface area contributed by atoms with Crippen LogP contribution in [0.4, 0.5) is 8.78 Å². The lowest BCUT2D eigenvalue weighted by Crippen LogP contribution is -2.43. The Morgan fingerprint density at radius 1 is 1.08 bits per heavy atom. The highest BCUT2D eigenvalue weighted by Gasteiger charge is 2.17. The first-order valence-electron chi connectivity index (χ1n) is 6.42. The van der Waals surface area contributed by atoms with E-state index in [0.29, 0.717) is 22.9 Å². The van der Waals surface area contributed by atoms with Crippen molar-refractivity contribution in [2.45, 2.75) is 4.90 Å². The van der Waals surface area contributed by atoms with E-state index in [-0.39, 0.29) is 0 Å². The van der Waals surface area contributed by atoms with Gasteiger partial charge < -0.3 is 4.74 Å². The van der Waals surface area contributed by atoms with Gasteiger partial charge in [0.15, 0.2) is 18.2 Å². The van der Waals surface area contributed by atoms with Crippen LogP contribution in [0.15, 0.2) is 47.4 Å². The van der Waals surface area contributed by atoms with Crippen LogP contribution in [-0.4, -0.2) is 20.9 Å². The van der Waals surface area contributed by atoms with E-state index in [0.717, 1.165) is 6.07 Å². The van der Waals surface area contributed by atoms with E-state index in [1.54, 1.807) is 17.0 Å². The van der Waals surface area contributed by atoms with E-state index in [4.69, 9.17) is 16.3 Å². The van der Waals surface area contributed by atoms with E-state index in [9.17, 15) is 22.0 Å². The van der Waals surface area contributed by atoms with Crippen molar-refractivity contribution in [3.63, 3.8) is 0 Å². The van der Waals surface area contributed by atoms with Crippen molar-refractivity contribution in [2.75, 3.05) is 6.61 Å². The quantitative estimate of drug-likeness (QED) is 0.755. The lowest BCUT2D eigenvalue weighted by Gasteiger charge is -2.09. The van der Waals surface area contributed by atoms with E-state index in [2.05, 4.69) is 0 Å². The number of hydrazine groups is 1. The molecule has 0 atom stereocenters. The van der Waals surface area contributed by atoms with Gasteiger partial charge in [-0.1, -0.05) is 11.6 Å². The number of benzene rings is 2. The Labute approximate surface area is 141 Å². The Morgan fingerprint density at radius 2 is 1.75 bits per heavy atom. The minimum absolute atomic E-state index is 0.359. The van der Waals surface area contributed by atoms with Gasteiger partial charge in [-0.3, -0.25) is 10.2 Å². The summed E-state index contributed by atoms with van der Waals surface area (Å²) in [5.74, 6) is -2.95. The summed E-state index contributed by atoms with van der Waals surface area (Å²) in [6.45, 7) is -0.470. The minimum atomic E-state index is -4.24. The molecular weight excluding hydrogens is 366 g/mol. The molecule has 2 rings (SSSR count). The molecule has 0 aromatic heterocycles. The third-order valence-corrected chi connectivity index (χ3v) is 4.21. The fraction of sp³-hybridized carbons (Fsp3) is 0.0714. The van der Waals surface area contributed by atoms with Crippen LogP contribution in [0, 0.1) is 11.6 Å². The number of carbonyl (C=O) groups excluding carboxylic acids is 1. The summed E-state index contributed by atoms with van der Waals surface area (Å²) in [5, 5.41) is 0.492. The van der Waals surface area contributed by atoms with E-state index in [1.807, 2.05) is 5.43 Å². The first kappa shape index (κ1) is 18.1. The molecule has 0 aliphatic carbocycles. The second kappa shape index (κ2) is 7.56. The lowest BCUT2D eigenvalue weighted by atomic mass is 10.3. The third kappa shape index (κ3) is 4.88. The van der Waals surface area contributed by atoms with Crippen LogP contribution >= 0.6 is 11.6 Å². The summed E-state index contributed by atoms with van der Waals surface area (Å²) in [6.07, 6.45) is 0. The van der Waals surface area contributed by atoms with Crippen LogP contribution in [0.1, 0.15) is 0 Å². The van der Waals surface area contributed by atoms with Gasteiger partial charge in [-0.25, -0.2) is 17.2 Å². The molecule has 1 amide bonds. The SMILES string of the molecule is O=C(COc1ccc(Cl)cc1)NNS(=O)(=O)c1ccc(F)c(F)c1. The van der Waals surface area contributed by atoms with Crippen LogP contribution in [0.3, 0.4) is 0 Å². The number of nitrogens with one attached hydrogen (secondary N) is 2. The topological polar surface area (TPSA) is 84.5 Å². The molecule has 2 aromatic rings. The first-order chi connectivity index (χ1) is 11.3. The van der Waals surface area contributed by atoms with E-state index >= 15 is 0 Å². The average molecular weight is 377 g/mol. The number of rotatable bonds is 6. The van der Waals surface area contributed by atoms with Gasteiger partial charge in [0.2, 0.25) is 0 Å². The fourth-order valence-corrected chi connectivity index (χ4v) is 2.54. The van der Waals surface area contributed by atoms with Crippen LogP contribution in [0.25, 0.3) is 0 Å². The summed E-state index contributed by atoms with van der Waals surface area (Å²) in [4.78, 5) is 12.8.